The number of aromatic amines is 1. The van der Waals surface area contributed by atoms with Gasteiger partial charge in [-0.3, -0.25) is 0 Å². The highest BCUT2D eigenvalue weighted by Gasteiger charge is 2.15. The number of fused-ring (bicyclic) bond motifs is 2. The van der Waals surface area contributed by atoms with E-state index in [2.05, 4.69) is 15.1 Å². The Morgan fingerprint density at radius 3 is 3.11 bits per heavy atom. The first kappa shape index (κ1) is 10.5. The molecule has 0 radical (unpaired) electrons. The predicted octanol–water partition coefficient (Wildman–Crippen LogP) is 2.21. The Morgan fingerprint density at radius 2 is 2.16 bits per heavy atom. The number of hydrogen-bond acceptors (Lipinski definition) is 5. The van der Waals surface area contributed by atoms with E-state index in [-0.39, 0.29) is 6.79 Å². The second-order valence-electron chi connectivity index (χ2n) is 4.06. The predicted molar refractivity (Wildman–Crippen MR) is 70.2 cm³/mol. The maximum absolute atomic E-state index is 5.37. The number of benzene rings is 1. The Hall–Kier alpha value is -2.41. The Bertz CT molecular complexity index is 839. The third-order valence-electron chi connectivity index (χ3n) is 2.98. The molecule has 94 valence electrons. The molecule has 0 atom stereocenters. The number of aromatic nitrogens is 4. The number of nitrogens with one attached hydrogen (secondary N) is 1. The standard InChI is InChI=1S/C12H8N4O2S/c19-12-8-4-15-16(11(8)13-5-14-12)7-1-2-9-10(3-7)18-6-17-9/h1-5H,6H2,(H,13,14,19). The van der Waals surface area contributed by atoms with Gasteiger partial charge >= 0.3 is 0 Å². The molecule has 6 nitrogen and oxygen atoms in total. The summed E-state index contributed by atoms with van der Waals surface area (Å²) in [6.45, 7) is 0.255. The molecular weight excluding hydrogens is 264 g/mol. The van der Waals surface area contributed by atoms with E-state index in [1.165, 1.54) is 0 Å². The molecule has 1 aliphatic rings. The lowest BCUT2D eigenvalue weighted by Crippen LogP contribution is -1.97. The van der Waals surface area contributed by atoms with E-state index in [0.29, 0.717) is 10.4 Å². The van der Waals surface area contributed by atoms with E-state index >= 15 is 0 Å². The Morgan fingerprint density at radius 1 is 1.26 bits per heavy atom. The summed E-state index contributed by atoms with van der Waals surface area (Å²) in [5.41, 5.74) is 1.68. The fourth-order valence-electron chi connectivity index (χ4n) is 2.08. The quantitative estimate of drug-likeness (QED) is 0.688. The summed E-state index contributed by atoms with van der Waals surface area (Å²) in [7, 11) is 0. The Labute approximate surface area is 112 Å². The molecule has 7 heteroatoms. The van der Waals surface area contributed by atoms with Gasteiger partial charge in [0, 0.05) is 6.07 Å². The van der Waals surface area contributed by atoms with Crippen LogP contribution in [-0.2, 0) is 0 Å². The maximum atomic E-state index is 5.37. The van der Waals surface area contributed by atoms with Crippen molar-refractivity contribution >= 4 is 23.3 Å². The van der Waals surface area contributed by atoms with Gasteiger partial charge in [-0.1, -0.05) is 12.2 Å². The van der Waals surface area contributed by atoms with Crippen molar-refractivity contribution in [1.82, 2.24) is 19.7 Å². The molecule has 1 N–H and O–H groups in total. The smallest absolute Gasteiger partial charge is 0.231 e. The van der Waals surface area contributed by atoms with Gasteiger partial charge in [0.15, 0.2) is 11.5 Å². The van der Waals surface area contributed by atoms with Crippen LogP contribution in [0.3, 0.4) is 0 Å². The molecule has 0 saturated heterocycles. The molecule has 0 unspecified atom stereocenters. The maximum Gasteiger partial charge on any atom is 0.231 e. The molecule has 0 aliphatic carbocycles. The minimum atomic E-state index is 0.255. The van der Waals surface area contributed by atoms with Crippen molar-refractivity contribution in [2.24, 2.45) is 0 Å². The minimum absolute atomic E-state index is 0.255. The van der Waals surface area contributed by atoms with E-state index < -0.39 is 0 Å². The van der Waals surface area contributed by atoms with Crippen molar-refractivity contribution in [2.75, 3.05) is 6.79 Å². The van der Waals surface area contributed by atoms with E-state index in [1.807, 2.05) is 18.2 Å². The molecular formula is C12H8N4O2S. The molecule has 3 aromatic rings. The zero-order valence-corrected chi connectivity index (χ0v) is 10.5. The van der Waals surface area contributed by atoms with Gasteiger partial charge < -0.3 is 14.5 Å². The van der Waals surface area contributed by atoms with Crippen LogP contribution in [0.4, 0.5) is 0 Å². The van der Waals surface area contributed by atoms with E-state index in [1.54, 1.807) is 17.2 Å². The van der Waals surface area contributed by atoms with Gasteiger partial charge in [0.25, 0.3) is 0 Å². The number of H-pyrrole nitrogens is 1. The molecule has 3 heterocycles. The lowest BCUT2D eigenvalue weighted by atomic mass is 10.3. The number of ether oxygens (including phenoxy) is 2. The summed E-state index contributed by atoms with van der Waals surface area (Å²) >= 11 is 5.17. The highest BCUT2D eigenvalue weighted by molar-refractivity contribution is 7.71. The van der Waals surface area contributed by atoms with E-state index in [4.69, 9.17) is 21.7 Å². The van der Waals surface area contributed by atoms with Crippen LogP contribution in [-0.4, -0.2) is 26.5 Å². The first-order chi connectivity index (χ1) is 9.33. The van der Waals surface area contributed by atoms with Crippen LogP contribution in [0.2, 0.25) is 0 Å². The molecule has 2 aromatic heterocycles. The monoisotopic (exact) mass is 272 g/mol. The summed E-state index contributed by atoms with van der Waals surface area (Å²) in [4.78, 5) is 7.09. The SMILES string of the molecule is S=c1nc[nH]c2c1cnn2-c1ccc2c(c1)OCO2. The van der Waals surface area contributed by atoms with Gasteiger partial charge in [-0.05, 0) is 12.1 Å². The van der Waals surface area contributed by atoms with Crippen molar-refractivity contribution in [2.45, 2.75) is 0 Å². The number of rotatable bonds is 1. The third kappa shape index (κ3) is 1.52. The van der Waals surface area contributed by atoms with Crippen molar-refractivity contribution in [3.05, 3.63) is 35.4 Å². The van der Waals surface area contributed by atoms with Gasteiger partial charge in [0.2, 0.25) is 6.79 Å². The van der Waals surface area contributed by atoms with Crippen molar-refractivity contribution in [3.63, 3.8) is 0 Å². The largest absolute Gasteiger partial charge is 0.454 e. The lowest BCUT2D eigenvalue weighted by molar-refractivity contribution is 0.174. The van der Waals surface area contributed by atoms with Crippen LogP contribution in [0.15, 0.2) is 30.7 Å². The van der Waals surface area contributed by atoms with Crippen molar-refractivity contribution < 1.29 is 9.47 Å². The lowest BCUT2D eigenvalue weighted by Gasteiger charge is -2.04. The molecule has 1 aromatic carbocycles. The van der Waals surface area contributed by atoms with Crippen molar-refractivity contribution in [1.29, 1.82) is 0 Å². The second kappa shape index (κ2) is 3.79. The molecule has 19 heavy (non-hydrogen) atoms. The van der Waals surface area contributed by atoms with Crippen molar-refractivity contribution in [3.8, 4) is 17.2 Å². The summed E-state index contributed by atoms with van der Waals surface area (Å²) in [5.74, 6) is 1.46. The van der Waals surface area contributed by atoms with E-state index in [9.17, 15) is 0 Å². The molecule has 0 amide bonds. The van der Waals surface area contributed by atoms with Crippen LogP contribution < -0.4 is 9.47 Å². The first-order valence-electron chi connectivity index (χ1n) is 5.64. The topological polar surface area (TPSA) is 65.0 Å². The summed E-state index contributed by atoms with van der Waals surface area (Å²) in [6.07, 6.45) is 3.27. The highest BCUT2D eigenvalue weighted by Crippen LogP contribution is 2.34. The van der Waals surface area contributed by atoms with Gasteiger partial charge in [0.1, 0.15) is 10.3 Å². The van der Waals surface area contributed by atoms with Crippen LogP contribution in [0.5, 0.6) is 11.5 Å². The summed E-state index contributed by atoms with van der Waals surface area (Å²) < 4.78 is 12.9. The third-order valence-corrected chi connectivity index (χ3v) is 3.31. The van der Waals surface area contributed by atoms with Crippen LogP contribution in [0, 0.1) is 4.64 Å². The Kier molecular flexibility index (Phi) is 2.10. The molecule has 1 aliphatic heterocycles. The average Bonchev–Trinajstić information content (AvgIpc) is 3.04. The van der Waals surface area contributed by atoms with Gasteiger partial charge in [-0.2, -0.15) is 5.10 Å². The minimum Gasteiger partial charge on any atom is -0.454 e. The van der Waals surface area contributed by atoms with Crippen LogP contribution in [0.25, 0.3) is 16.7 Å². The fraction of sp³-hybridized carbons (Fsp3) is 0.0833. The zero-order chi connectivity index (χ0) is 12.8. The fourth-order valence-corrected chi connectivity index (χ4v) is 2.28. The molecule has 0 fully saturated rings. The van der Waals surface area contributed by atoms with Gasteiger partial charge in [-0.25, -0.2) is 9.67 Å². The molecule has 0 spiro atoms. The van der Waals surface area contributed by atoms with E-state index in [0.717, 1.165) is 22.5 Å². The second-order valence-corrected chi connectivity index (χ2v) is 4.45. The molecule has 0 bridgehead atoms. The van der Waals surface area contributed by atoms with Crippen LogP contribution >= 0.6 is 12.2 Å². The Balaban J connectivity index is 1.95. The van der Waals surface area contributed by atoms with Gasteiger partial charge in [0.05, 0.1) is 23.6 Å². The number of nitrogens with zero attached hydrogens (tertiary/aromatic N) is 3. The van der Waals surface area contributed by atoms with Crippen LogP contribution in [0.1, 0.15) is 0 Å². The first-order valence-corrected chi connectivity index (χ1v) is 6.05. The summed E-state index contributed by atoms with van der Waals surface area (Å²) in [6, 6.07) is 5.66. The zero-order valence-electron chi connectivity index (χ0n) is 9.66. The number of hydrogen-bond donors (Lipinski definition) is 1. The average molecular weight is 272 g/mol. The molecule has 4 rings (SSSR count). The molecule has 0 saturated carbocycles. The summed E-state index contributed by atoms with van der Waals surface area (Å²) in [5, 5.41) is 5.15. The normalized spacial score (nSPS) is 13.1. The van der Waals surface area contributed by atoms with Gasteiger partial charge in [-0.15, -0.1) is 0 Å². The highest BCUT2D eigenvalue weighted by atomic mass is 32.1.